The summed E-state index contributed by atoms with van der Waals surface area (Å²) in [6.45, 7) is 2.05. The molecule has 4 aromatic rings. The van der Waals surface area contributed by atoms with Crippen LogP contribution < -0.4 is 0 Å². The lowest BCUT2D eigenvalue weighted by molar-refractivity contribution is -0.0520. The van der Waals surface area contributed by atoms with Gasteiger partial charge in [-0.15, -0.1) is 0 Å². The summed E-state index contributed by atoms with van der Waals surface area (Å²) in [6, 6.07) is 37.1. The van der Waals surface area contributed by atoms with Crippen LogP contribution in [0, 0.1) is 6.92 Å². The second kappa shape index (κ2) is 8.89. The van der Waals surface area contributed by atoms with Crippen LogP contribution in [0.1, 0.15) is 34.2 Å². The summed E-state index contributed by atoms with van der Waals surface area (Å²) in [6.07, 6.45) is 0.534. The van der Waals surface area contributed by atoms with Crippen molar-refractivity contribution in [3.8, 4) is 0 Å². The molecule has 0 saturated heterocycles. The third-order valence-electron chi connectivity index (χ3n) is 5.94. The Labute approximate surface area is 184 Å². The molecule has 1 unspecified atom stereocenters. The zero-order valence-electron chi connectivity index (χ0n) is 17.8. The molecule has 156 valence electrons. The molecule has 4 aromatic carbocycles. The van der Waals surface area contributed by atoms with E-state index in [0.717, 1.165) is 27.8 Å². The number of benzene rings is 4. The number of aliphatic hydroxyl groups is 2. The Balaban J connectivity index is 1.83. The fourth-order valence-electron chi connectivity index (χ4n) is 4.40. The molecule has 2 nitrogen and oxygen atoms in total. The van der Waals surface area contributed by atoms with Gasteiger partial charge in [-0.05, 0) is 29.2 Å². The maximum atomic E-state index is 12.1. The third kappa shape index (κ3) is 4.61. The Bertz CT molecular complexity index is 1070. The molecule has 4 rings (SSSR count). The molecule has 0 aliphatic carbocycles. The predicted octanol–water partition coefficient (Wildman–Crippen LogP) is 5.75. The fourth-order valence-corrected chi connectivity index (χ4v) is 4.40. The van der Waals surface area contributed by atoms with Gasteiger partial charge >= 0.3 is 0 Å². The van der Waals surface area contributed by atoms with Crippen LogP contribution in [-0.2, 0) is 17.6 Å². The third-order valence-corrected chi connectivity index (χ3v) is 5.94. The normalized spacial score (nSPS) is 13.5. The van der Waals surface area contributed by atoms with E-state index in [0.29, 0.717) is 6.42 Å². The van der Waals surface area contributed by atoms with E-state index < -0.39 is 11.2 Å². The second-order valence-corrected chi connectivity index (χ2v) is 8.33. The van der Waals surface area contributed by atoms with E-state index in [9.17, 15) is 10.2 Å². The van der Waals surface area contributed by atoms with Gasteiger partial charge in [0.1, 0.15) is 5.60 Å². The van der Waals surface area contributed by atoms with Gasteiger partial charge in [0.15, 0.2) is 0 Å². The van der Waals surface area contributed by atoms with Gasteiger partial charge in [-0.25, -0.2) is 0 Å². The minimum atomic E-state index is -1.35. The van der Waals surface area contributed by atoms with Gasteiger partial charge in [0.25, 0.3) is 0 Å². The maximum Gasteiger partial charge on any atom is 0.118 e. The highest BCUT2D eigenvalue weighted by Crippen LogP contribution is 2.42. The minimum absolute atomic E-state index is 0.131. The number of aryl methyl sites for hydroxylation is 1. The topological polar surface area (TPSA) is 40.5 Å². The van der Waals surface area contributed by atoms with Crippen molar-refractivity contribution in [2.75, 3.05) is 0 Å². The van der Waals surface area contributed by atoms with Crippen LogP contribution in [0.15, 0.2) is 115 Å². The van der Waals surface area contributed by atoms with Crippen molar-refractivity contribution < 1.29 is 10.2 Å². The van der Waals surface area contributed by atoms with E-state index in [1.165, 1.54) is 0 Å². The van der Waals surface area contributed by atoms with Crippen LogP contribution in [0.4, 0.5) is 0 Å². The van der Waals surface area contributed by atoms with E-state index in [1.54, 1.807) is 0 Å². The molecule has 0 spiro atoms. The minimum Gasteiger partial charge on any atom is -0.385 e. The first-order valence-electron chi connectivity index (χ1n) is 10.7. The van der Waals surface area contributed by atoms with E-state index in [4.69, 9.17) is 0 Å². The largest absolute Gasteiger partial charge is 0.385 e. The van der Waals surface area contributed by atoms with Crippen LogP contribution in [0.3, 0.4) is 0 Å². The highest BCUT2D eigenvalue weighted by atomic mass is 16.3. The lowest BCUT2D eigenvalue weighted by Crippen LogP contribution is -2.40. The average molecular weight is 409 g/mol. The number of rotatable bonds is 7. The molecule has 0 fully saturated rings. The van der Waals surface area contributed by atoms with E-state index >= 15 is 0 Å². The summed E-state index contributed by atoms with van der Waals surface area (Å²) in [7, 11) is 0. The number of hydrogen-bond donors (Lipinski definition) is 2. The molecule has 2 N–H and O–H groups in total. The Kier molecular flexibility index (Phi) is 6.03. The highest BCUT2D eigenvalue weighted by molar-refractivity contribution is 5.39. The first-order chi connectivity index (χ1) is 15.0. The predicted molar refractivity (Wildman–Crippen MR) is 126 cm³/mol. The number of hydrogen-bond acceptors (Lipinski definition) is 2. The summed E-state index contributed by atoms with van der Waals surface area (Å²) in [5.74, 6) is 0. The molecule has 2 heteroatoms. The summed E-state index contributed by atoms with van der Waals surface area (Å²) in [4.78, 5) is 0. The van der Waals surface area contributed by atoms with Gasteiger partial charge in [-0.1, -0.05) is 121 Å². The molecule has 0 bridgehead atoms. The molecule has 0 aromatic heterocycles. The maximum absolute atomic E-state index is 12.1. The van der Waals surface area contributed by atoms with E-state index in [1.807, 2.05) is 103 Å². The lowest BCUT2D eigenvalue weighted by Gasteiger charge is -2.39. The van der Waals surface area contributed by atoms with Gasteiger partial charge in [0.05, 0.1) is 5.60 Å². The first kappa shape index (κ1) is 21.0. The Hall–Kier alpha value is -3.20. The van der Waals surface area contributed by atoms with Crippen molar-refractivity contribution in [2.45, 2.75) is 31.0 Å². The Morgan fingerprint density at radius 1 is 0.581 bits per heavy atom. The summed E-state index contributed by atoms with van der Waals surface area (Å²) in [5, 5.41) is 24.2. The van der Waals surface area contributed by atoms with Crippen LogP contribution in [0.5, 0.6) is 0 Å². The van der Waals surface area contributed by atoms with Gasteiger partial charge < -0.3 is 10.2 Å². The Morgan fingerprint density at radius 3 is 1.55 bits per heavy atom. The van der Waals surface area contributed by atoms with E-state index in [2.05, 4.69) is 19.1 Å². The van der Waals surface area contributed by atoms with Crippen molar-refractivity contribution in [2.24, 2.45) is 0 Å². The SMILES string of the molecule is Cc1cccc(CC(O)(CC(O)(c2ccccc2)c2ccccc2)c2ccccc2)c1. The van der Waals surface area contributed by atoms with Crippen molar-refractivity contribution in [1.29, 1.82) is 0 Å². The molecular formula is C29H28O2. The van der Waals surface area contributed by atoms with Crippen LogP contribution in [-0.4, -0.2) is 10.2 Å². The lowest BCUT2D eigenvalue weighted by atomic mass is 9.73. The molecule has 0 saturated carbocycles. The molecule has 0 aliphatic rings. The molecule has 31 heavy (non-hydrogen) atoms. The van der Waals surface area contributed by atoms with Crippen LogP contribution in [0.2, 0.25) is 0 Å². The van der Waals surface area contributed by atoms with Crippen molar-refractivity contribution in [3.05, 3.63) is 143 Å². The molecule has 0 amide bonds. The van der Waals surface area contributed by atoms with Gasteiger partial charge in [-0.2, -0.15) is 0 Å². The Morgan fingerprint density at radius 2 is 1.06 bits per heavy atom. The van der Waals surface area contributed by atoms with Crippen molar-refractivity contribution in [1.82, 2.24) is 0 Å². The smallest absolute Gasteiger partial charge is 0.118 e. The molecule has 0 radical (unpaired) electrons. The summed E-state index contributed by atoms with van der Waals surface area (Å²) in [5.41, 5.74) is 1.89. The molecule has 1 atom stereocenters. The average Bonchev–Trinajstić information content (AvgIpc) is 2.81. The second-order valence-electron chi connectivity index (χ2n) is 8.33. The van der Waals surface area contributed by atoms with Gasteiger partial charge in [0.2, 0.25) is 0 Å². The van der Waals surface area contributed by atoms with Gasteiger partial charge in [0, 0.05) is 12.8 Å². The van der Waals surface area contributed by atoms with Gasteiger partial charge in [-0.3, -0.25) is 0 Å². The zero-order chi connectivity index (χ0) is 21.7. The standard InChI is InChI=1S/C29H28O2/c1-23-12-11-13-24(20-23)21-28(30,25-14-5-2-6-15-25)22-29(31,26-16-7-3-8-17-26)27-18-9-4-10-19-27/h2-20,30-31H,21-22H2,1H3. The molecule has 0 aliphatic heterocycles. The summed E-state index contributed by atoms with van der Waals surface area (Å²) >= 11 is 0. The quantitative estimate of drug-likeness (QED) is 0.409. The zero-order valence-corrected chi connectivity index (χ0v) is 17.8. The fraction of sp³-hybridized carbons (Fsp3) is 0.172. The first-order valence-corrected chi connectivity index (χ1v) is 10.7. The molecule has 0 heterocycles. The summed E-state index contributed by atoms with van der Waals surface area (Å²) < 4.78 is 0. The van der Waals surface area contributed by atoms with Crippen LogP contribution >= 0.6 is 0 Å². The van der Waals surface area contributed by atoms with Crippen LogP contribution in [0.25, 0.3) is 0 Å². The van der Waals surface area contributed by atoms with Crippen molar-refractivity contribution >= 4 is 0 Å². The van der Waals surface area contributed by atoms with Crippen molar-refractivity contribution in [3.63, 3.8) is 0 Å². The monoisotopic (exact) mass is 408 g/mol. The highest BCUT2D eigenvalue weighted by Gasteiger charge is 2.42. The molecular weight excluding hydrogens is 380 g/mol. The van der Waals surface area contributed by atoms with E-state index in [-0.39, 0.29) is 6.42 Å².